The van der Waals surface area contributed by atoms with Crippen molar-refractivity contribution in [3.63, 3.8) is 0 Å². The average Bonchev–Trinajstić information content (AvgIpc) is 2.88. The molecule has 2 rings (SSSR count). The second-order valence-electron chi connectivity index (χ2n) is 5.01. The zero-order valence-electron chi connectivity index (χ0n) is 12.3. The van der Waals surface area contributed by atoms with Gasteiger partial charge in [-0.2, -0.15) is 5.10 Å². The van der Waals surface area contributed by atoms with Crippen LogP contribution in [0.5, 0.6) is 5.75 Å². The summed E-state index contributed by atoms with van der Waals surface area (Å²) in [7, 11) is 5.73. The second-order valence-corrected chi connectivity index (χ2v) is 5.01. The molecule has 0 saturated carbocycles. The molecule has 0 aliphatic carbocycles. The third-order valence-corrected chi connectivity index (χ3v) is 3.28. The number of methoxy groups -OCH3 is 1. The first-order chi connectivity index (χ1) is 9.63. The summed E-state index contributed by atoms with van der Waals surface area (Å²) >= 11 is 0. The molecule has 1 unspecified atom stereocenters. The third kappa shape index (κ3) is 3.18. The minimum Gasteiger partial charge on any atom is -0.493 e. The molecule has 1 heterocycles. The van der Waals surface area contributed by atoms with Crippen molar-refractivity contribution >= 4 is 0 Å². The van der Waals surface area contributed by atoms with Gasteiger partial charge < -0.3 is 15.4 Å². The van der Waals surface area contributed by atoms with Gasteiger partial charge in [0.1, 0.15) is 5.69 Å². The number of hydrogen-bond donors (Lipinski definition) is 1. The monoisotopic (exact) mass is 274 g/mol. The van der Waals surface area contributed by atoms with E-state index in [1.165, 1.54) is 0 Å². The van der Waals surface area contributed by atoms with Crippen molar-refractivity contribution < 1.29 is 4.74 Å². The molecular formula is C15H22N4O. The highest BCUT2D eigenvalue weighted by Gasteiger charge is 2.20. The maximum absolute atomic E-state index is 6.39. The van der Waals surface area contributed by atoms with Crippen molar-refractivity contribution in [2.45, 2.75) is 12.6 Å². The van der Waals surface area contributed by atoms with E-state index in [1.54, 1.807) is 13.3 Å². The van der Waals surface area contributed by atoms with Gasteiger partial charge in [0, 0.05) is 6.54 Å². The SMILES string of the molecule is COc1cnn(CCN(C)C)c1C(N)c1ccccc1. The lowest BCUT2D eigenvalue weighted by atomic mass is 10.0. The predicted octanol–water partition coefficient (Wildman–Crippen LogP) is 1.50. The summed E-state index contributed by atoms with van der Waals surface area (Å²) in [5, 5.41) is 4.39. The Hall–Kier alpha value is -1.85. The molecule has 5 nitrogen and oxygen atoms in total. The molecule has 0 spiro atoms. The molecular weight excluding hydrogens is 252 g/mol. The van der Waals surface area contributed by atoms with Gasteiger partial charge in [-0.3, -0.25) is 4.68 Å². The van der Waals surface area contributed by atoms with Crippen LogP contribution in [0.2, 0.25) is 0 Å². The molecule has 0 radical (unpaired) electrons. The minimum atomic E-state index is -0.240. The average molecular weight is 274 g/mol. The molecule has 0 saturated heterocycles. The zero-order chi connectivity index (χ0) is 14.5. The van der Waals surface area contributed by atoms with Gasteiger partial charge in [0.25, 0.3) is 0 Å². The van der Waals surface area contributed by atoms with Gasteiger partial charge in [-0.05, 0) is 19.7 Å². The van der Waals surface area contributed by atoms with Crippen LogP contribution in [0.25, 0.3) is 0 Å². The van der Waals surface area contributed by atoms with Crippen LogP contribution in [0.1, 0.15) is 17.3 Å². The van der Waals surface area contributed by atoms with E-state index in [2.05, 4.69) is 10.00 Å². The van der Waals surface area contributed by atoms with Gasteiger partial charge in [-0.15, -0.1) is 0 Å². The van der Waals surface area contributed by atoms with Crippen LogP contribution in [0.15, 0.2) is 36.5 Å². The van der Waals surface area contributed by atoms with Gasteiger partial charge in [0.05, 0.1) is 25.9 Å². The first-order valence-corrected chi connectivity index (χ1v) is 6.68. The third-order valence-electron chi connectivity index (χ3n) is 3.28. The maximum atomic E-state index is 6.39. The Bertz CT molecular complexity index is 536. The fourth-order valence-corrected chi connectivity index (χ4v) is 2.14. The molecule has 1 aromatic carbocycles. The Kier molecular flexibility index (Phi) is 4.76. The number of nitrogens with zero attached hydrogens (tertiary/aromatic N) is 3. The van der Waals surface area contributed by atoms with Crippen LogP contribution >= 0.6 is 0 Å². The lowest BCUT2D eigenvalue weighted by molar-refractivity contribution is 0.363. The molecule has 0 fully saturated rings. The largest absolute Gasteiger partial charge is 0.493 e. The maximum Gasteiger partial charge on any atom is 0.161 e. The van der Waals surface area contributed by atoms with Crippen molar-refractivity contribution in [1.82, 2.24) is 14.7 Å². The van der Waals surface area contributed by atoms with Gasteiger partial charge >= 0.3 is 0 Å². The van der Waals surface area contributed by atoms with Gasteiger partial charge in [0.2, 0.25) is 0 Å². The number of benzene rings is 1. The van der Waals surface area contributed by atoms with Gasteiger partial charge in [-0.25, -0.2) is 0 Å². The number of ether oxygens (including phenoxy) is 1. The summed E-state index contributed by atoms with van der Waals surface area (Å²) in [6.07, 6.45) is 1.73. The smallest absolute Gasteiger partial charge is 0.161 e. The van der Waals surface area contributed by atoms with Crippen molar-refractivity contribution in [2.24, 2.45) is 5.73 Å². The van der Waals surface area contributed by atoms with E-state index < -0.39 is 0 Å². The van der Waals surface area contributed by atoms with Crippen LogP contribution in [0.4, 0.5) is 0 Å². The number of aromatic nitrogens is 2. The standard InChI is InChI=1S/C15H22N4O/c1-18(2)9-10-19-15(13(20-3)11-17-19)14(16)12-7-5-4-6-8-12/h4-8,11,14H,9-10,16H2,1-3H3. The van der Waals surface area contributed by atoms with E-state index in [4.69, 9.17) is 10.5 Å². The highest BCUT2D eigenvalue weighted by atomic mass is 16.5. The van der Waals surface area contributed by atoms with E-state index in [0.717, 1.165) is 30.1 Å². The summed E-state index contributed by atoms with van der Waals surface area (Å²) in [4.78, 5) is 2.12. The zero-order valence-corrected chi connectivity index (χ0v) is 12.3. The number of hydrogen-bond acceptors (Lipinski definition) is 4. The fraction of sp³-hybridized carbons (Fsp3) is 0.400. The molecule has 108 valence electrons. The Morgan fingerprint density at radius 3 is 2.60 bits per heavy atom. The minimum absolute atomic E-state index is 0.240. The summed E-state index contributed by atoms with van der Waals surface area (Å²) in [6.45, 7) is 1.69. The van der Waals surface area contributed by atoms with Crippen molar-refractivity contribution in [1.29, 1.82) is 0 Å². The van der Waals surface area contributed by atoms with Gasteiger partial charge in [-0.1, -0.05) is 30.3 Å². The number of likely N-dealkylation sites (N-methyl/N-ethyl adjacent to an activating group) is 1. The molecule has 1 aromatic heterocycles. The number of rotatable bonds is 6. The van der Waals surface area contributed by atoms with Gasteiger partial charge in [0.15, 0.2) is 5.75 Å². The fourth-order valence-electron chi connectivity index (χ4n) is 2.14. The molecule has 2 N–H and O–H groups in total. The molecule has 0 aliphatic rings. The summed E-state index contributed by atoms with van der Waals surface area (Å²) < 4.78 is 7.33. The summed E-state index contributed by atoms with van der Waals surface area (Å²) in [5.41, 5.74) is 8.36. The summed E-state index contributed by atoms with van der Waals surface area (Å²) in [5.74, 6) is 0.736. The Morgan fingerprint density at radius 2 is 2.00 bits per heavy atom. The van der Waals surface area contributed by atoms with Crippen LogP contribution in [0.3, 0.4) is 0 Å². The topological polar surface area (TPSA) is 56.3 Å². The molecule has 5 heteroatoms. The van der Waals surface area contributed by atoms with Crippen LogP contribution in [0, 0.1) is 0 Å². The van der Waals surface area contributed by atoms with Crippen LogP contribution < -0.4 is 10.5 Å². The van der Waals surface area contributed by atoms with E-state index >= 15 is 0 Å². The van der Waals surface area contributed by atoms with E-state index in [9.17, 15) is 0 Å². The quantitative estimate of drug-likeness (QED) is 0.867. The van der Waals surface area contributed by atoms with E-state index in [1.807, 2.05) is 49.1 Å². The molecule has 0 bridgehead atoms. The molecule has 0 aliphatic heterocycles. The Morgan fingerprint density at radius 1 is 1.30 bits per heavy atom. The van der Waals surface area contributed by atoms with Crippen LogP contribution in [-0.2, 0) is 6.54 Å². The van der Waals surface area contributed by atoms with E-state index in [-0.39, 0.29) is 6.04 Å². The first-order valence-electron chi connectivity index (χ1n) is 6.68. The second kappa shape index (κ2) is 6.54. The Labute approximate surface area is 119 Å². The normalized spacial score (nSPS) is 12.7. The lowest BCUT2D eigenvalue weighted by Crippen LogP contribution is -2.23. The summed E-state index contributed by atoms with van der Waals surface area (Å²) in [6, 6.07) is 9.76. The lowest BCUT2D eigenvalue weighted by Gasteiger charge is -2.17. The first kappa shape index (κ1) is 14.6. The van der Waals surface area contributed by atoms with Crippen molar-refractivity contribution in [3.05, 3.63) is 47.8 Å². The highest BCUT2D eigenvalue weighted by molar-refractivity contribution is 5.35. The number of nitrogens with two attached hydrogens (primary N) is 1. The Balaban J connectivity index is 2.30. The molecule has 0 amide bonds. The molecule has 2 aromatic rings. The van der Waals surface area contributed by atoms with E-state index in [0.29, 0.717) is 0 Å². The van der Waals surface area contributed by atoms with Crippen LogP contribution in [-0.4, -0.2) is 42.4 Å². The van der Waals surface area contributed by atoms with Crippen molar-refractivity contribution in [3.8, 4) is 5.75 Å². The predicted molar refractivity (Wildman–Crippen MR) is 79.8 cm³/mol. The molecule has 1 atom stereocenters. The highest BCUT2D eigenvalue weighted by Crippen LogP contribution is 2.28. The van der Waals surface area contributed by atoms with Crippen molar-refractivity contribution in [2.75, 3.05) is 27.7 Å². The molecule has 20 heavy (non-hydrogen) atoms.